The molecular formula is C17H14FNO. The zero-order chi connectivity index (χ0) is 13.8. The van der Waals surface area contributed by atoms with Gasteiger partial charge in [-0.2, -0.15) is 0 Å². The molecule has 0 spiro atoms. The van der Waals surface area contributed by atoms with E-state index in [1.165, 1.54) is 6.07 Å². The number of fused-ring (bicyclic) bond motifs is 1. The van der Waals surface area contributed by atoms with Crippen molar-refractivity contribution in [2.24, 2.45) is 0 Å². The maximum absolute atomic E-state index is 13.4. The van der Waals surface area contributed by atoms with Crippen LogP contribution in [-0.2, 0) is 18.0 Å². The number of aromatic nitrogens is 1. The van der Waals surface area contributed by atoms with E-state index >= 15 is 0 Å². The molecule has 0 N–H and O–H groups in total. The summed E-state index contributed by atoms with van der Waals surface area (Å²) in [7, 11) is 0. The molecule has 3 aromatic rings. The van der Waals surface area contributed by atoms with E-state index in [9.17, 15) is 4.39 Å². The molecule has 0 atom stereocenters. The van der Waals surface area contributed by atoms with Crippen LogP contribution in [0.3, 0.4) is 0 Å². The molecule has 3 rings (SSSR count). The Labute approximate surface area is 116 Å². The van der Waals surface area contributed by atoms with Crippen molar-refractivity contribution in [2.75, 3.05) is 0 Å². The van der Waals surface area contributed by atoms with Crippen LogP contribution in [0.1, 0.15) is 11.1 Å². The lowest BCUT2D eigenvalue weighted by Crippen LogP contribution is -1.96. The summed E-state index contributed by atoms with van der Waals surface area (Å²) in [6, 6.07) is 14.7. The average Bonchev–Trinajstić information content (AvgIpc) is 2.49. The second-order valence-electron chi connectivity index (χ2n) is 4.64. The first-order chi connectivity index (χ1) is 9.83. The van der Waals surface area contributed by atoms with Gasteiger partial charge >= 0.3 is 0 Å². The van der Waals surface area contributed by atoms with E-state index < -0.39 is 0 Å². The minimum atomic E-state index is -0.227. The fourth-order valence-corrected chi connectivity index (χ4v) is 2.12. The molecule has 1 aromatic heterocycles. The molecule has 0 aliphatic rings. The molecule has 0 fully saturated rings. The van der Waals surface area contributed by atoms with Gasteiger partial charge in [-0.15, -0.1) is 0 Å². The van der Waals surface area contributed by atoms with Crippen molar-refractivity contribution in [1.29, 1.82) is 0 Å². The highest BCUT2D eigenvalue weighted by atomic mass is 19.1. The Balaban J connectivity index is 1.67. The summed E-state index contributed by atoms with van der Waals surface area (Å²) in [5.74, 6) is -0.227. The molecule has 2 aromatic carbocycles. The molecule has 0 bridgehead atoms. The summed E-state index contributed by atoms with van der Waals surface area (Å²) in [6.07, 6.45) is 3.60. The molecule has 20 heavy (non-hydrogen) atoms. The third-order valence-corrected chi connectivity index (χ3v) is 3.19. The highest BCUT2D eigenvalue weighted by molar-refractivity contribution is 5.81. The number of ether oxygens (including phenoxy) is 1. The lowest BCUT2D eigenvalue weighted by atomic mass is 10.1. The van der Waals surface area contributed by atoms with Crippen molar-refractivity contribution in [3.63, 3.8) is 0 Å². The van der Waals surface area contributed by atoms with Crippen molar-refractivity contribution in [3.8, 4) is 0 Å². The van der Waals surface area contributed by atoms with Gasteiger partial charge in [-0.05, 0) is 29.1 Å². The van der Waals surface area contributed by atoms with Crippen LogP contribution in [0.5, 0.6) is 0 Å². The van der Waals surface area contributed by atoms with Gasteiger partial charge in [0.05, 0.1) is 13.2 Å². The normalized spacial score (nSPS) is 10.8. The summed E-state index contributed by atoms with van der Waals surface area (Å²) < 4.78 is 19.0. The third-order valence-electron chi connectivity index (χ3n) is 3.19. The van der Waals surface area contributed by atoms with Gasteiger partial charge in [0, 0.05) is 23.3 Å². The predicted octanol–water partition coefficient (Wildman–Crippen LogP) is 4.09. The monoisotopic (exact) mass is 267 g/mol. The Morgan fingerprint density at radius 2 is 1.85 bits per heavy atom. The first kappa shape index (κ1) is 12.8. The lowest BCUT2D eigenvalue weighted by molar-refractivity contribution is 0.105. The van der Waals surface area contributed by atoms with Crippen LogP contribution in [-0.4, -0.2) is 4.98 Å². The van der Waals surface area contributed by atoms with Crippen LogP contribution in [0.25, 0.3) is 10.8 Å². The maximum Gasteiger partial charge on any atom is 0.128 e. The van der Waals surface area contributed by atoms with Crippen molar-refractivity contribution in [2.45, 2.75) is 13.2 Å². The second-order valence-corrected chi connectivity index (χ2v) is 4.64. The fraction of sp³-hybridized carbons (Fsp3) is 0.118. The fourth-order valence-electron chi connectivity index (χ4n) is 2.12. The Morgan fingerprint density at radius 3 is 2.75 bits per heavy atom. The molecule has 2 nitrogen and oxygen atoms in total. The summed E-state index contributed by atoms with van der Waals surface area (Å²) in [4.78, 5) is 4.10. The predicted molar refractivity (Wildman–Crippen MR) is 76.6 cm³/mol. The first-order valence-electron chi connectivity index (χ1n) is 6.47. The molecule has 100 valence electrons. The van der Waals surface area contributed by atoms with E-state index in [1.54, 1.807) is 18.3 Å². The minimum Gasteiger partial charge on any atom is -0.372 e. The Hall–Kier alpha value is -2.26. The molecular weight excluding hydrogens is 253 g/mol. The van der Waals surface area contributed by atoms with Gasteiger partial charge in [-0.25, -0.2) is 4.39 Å². The van der Waals surface area contributed by atoms with Crippen molar-refractivity contribution in [3.05, 3.63) is 77.9 Å². The van der Waals surface area contributed by atoms with Gasteiger partial charge in [0.1, 0.15) is 5.82 Å². The quantitative estimate of drug-likeness (QED) is 0.710. The SMILES string of the molecule is Fc1ccccc1COCc1ccc2ccncc2c1. The van der Waals surface area contributed by atoms with E-state index in [-0.39, 0.29) is 12.4 Å². The summed E-state index contributed by atoms with van der Waals surface area (Å²) in [6.45, 7) is 0.733. The van der Waals surface area contributed by atoms with E-state index in [0.717, 1.165) is 16.3 Å². The number of pyridine rings is 1. The number of hydrogen-bond acceptors (Lipinski definition) is 2. The smallest absolute Gasteiger partial charge is 0.128 e. The first-order valence-corrected chi connectivity index (χ1v) is 6.47. The zero-order valence-electron chi connectivity index (χ0n) is 10.9. The summed E-state index contributed by atoms with van der Waals surface area (Å²) in [5.41, 5.74) is 1.64. The Morgan fingerprint density at radius 1 is 0.950 bits per heavy atom. The number of benzene rings is 2. The second kappa shape index (κ2) is 5.80. The van der Waals surface area contributed by atoms with E-state index in [2.05, 4.69) is 4.98 Å². The summed E-state index contributed by atoms with van der Waals surface area (Å²) in [5, 5.41) is 2.23. The number of halogens is 1. The van der Waals surface area contributed by atoms with Gasteiger partial charge in [0.15, 0.2) is 0 Å². The average molecular weight is 267 g/mol. The standard InChI is InChI=1S/C17H14FNO/c18-17-4-2-1-3-15(17)12-20-11-13-5-6-14-7-8-19-10-16(14)9-13/h1-10H,11-12H2. The minimum absolute atomic E-state index is 0.227. The topological polar surface area (TPSA) is 22.1 Å². The number of hydrogen-bond donors (Lipinski definition) is 0. The maximum atomic E-state index is 13.4. The van der Waals surface area contributed by atoms with E-state index in [0.29, 0.717) is 12.2 Å². The lowest BCUT2D eigenvalue weighted by Gasteiger charge is -2.06. The molecule has 0 radical (unpaired) electrons. The van der Waals surface area contributed by atoms with E-state index in [1.807, 2.05) is 36.5 Å². The van der Waals surface area contributed by atoms with Crippen LogP contribution >= 0.6 is 0 Å². The highest BCUT2D eigenvalue weighted by Gasteiger charge is 2.01. The van der Waals surface area contributed by atoms with Gasteiger partial charge in [-0.1, -0.05) is 30.3 Å². The highest BCUT2D eigenvalue weighted by Crippen LogP contribution is 2.16. The molecule has 0 aliphatic heterocycles. The van der Waals surface area contributed by atoms with Gasteiger partial charge in [-0.3, -0.25) is 4.98 Å². The molecule has 0 saturated carbocycles. The van der Waals surface area contributed by atoms with Crippen LogP contribution < -0.4 is 0 Å². The largest absolute Gasteiger partial charge is 0.372 e. The van der Waals surface area contributed by atoms with Crippen LogP contribution in [0.4, 0.5) is 4.39 Å². The van der Waals surface area contributed by atoms with Crippen LogP contribution in [0.15, 0.2) is 60.9 Å². The molecule has 0 aliphatic carbocycles. The van der Waals surface area contributed by atoms with Gasteiger partial charge in [0.25, 0.3) is 0 Å². The van der Waals surface area contributed by atoms with Crippen molar-refractivity contribution in [1.82, 2.24) is 4.98 Å². The van der Waals surface area contributed by atoms with E-state index in [4.69, 9.17) is 4.74 Å². The van der Waals surface area contributed by atoms with Crippen molar-refractivity contribution < 1.29 is 9.13 Å². The van der Waals surface area contributed by atoms with Crippen LogP contribution in [0, 0.1) is 5.82 Å². The Kier molecular flexibility index (Phi) is 3.70. The molecule has 3 heteroatoms. The van der Waals surface area contributed by atoms with Crippen molar-refractivity contribution >= 4 is 10.8 Å². The van der Waals surface area contributed by atoms with Crippen LogP contribution in [0.2, 0.25) is 0 Å². The number of rotatable bonds is 4. The van der Waals surface area contributed by atoms with Gasteiger partial charge in [0.2, 0.25) is 0 Å². The summed E-state index contributed by atoms with van der Waals surface area (Å²) >= 11 is 0. The Bertz CT molecular complexity index is 727. The zero-order valence-corrected chi connectivity index (χ0v) is 10.9. The molecule has 0 saturated heterocycles. The molecule has 0 amide bonds. The third kappa shape index (κ3) is 2.83. The van der Waals surface area contributed by atoms with Gasteiger partial charge < -0.3 is 4.74 Å². The number of nitrogens with zero attached hydrogens (tertiary/aromatic N) is 1. The molecule has 1 heterocycles. The molecule has 0 unspecified atom stereocenters.